The van der Waals surface area contributed by atoms with Gasteiger partial charge < -0.3 is 10.6 Å². The molecule has 88 valence electrons. The van der Waals surface area contributed by atoms with Gasteiger partial charge in [-0.05, 0) is 11.1 Å². The summed E-state index contributed by atoms with van der Waals surface area (Å²) in [6, 6.07) is 8.03. The molecule has 0 aromatic heterocycles. The Morgan fingerprint density at radius 3 is 2.56 bits per heavy atom. The predicted molar refractivity (Wildman–Crippen MR) is 65.6 cm³/mol. The van der Waals surface area contributed by atoms with E-state index in [0.717, 1.165) is 11.1 Å². The van der Waals surface area contributed by atoms with Gasteiger partial charge in [-0.2, -0.15) is 0 Å². The van der Waals surface area contributed by atoms with Crippen LogP contribution in [0.4, 0.5) is 0 Å². The number of carbonyl (C=O) groups excluding carboxylic acids is 1. The van der Waals surface area contributed by atoms with Gasteiger partial charge in [0.15, 0.2) is 0 Å². The van der Waals surface area contributed by atoms with Gasteiger partial charge in [0, 0.05) is 26.1 Å². The smallest absolute Gasteiger partial charge is 0.225 e. The van der Waals surface area contributed by atoms with Crippen molar-refractivity contribution in [2.75, 3.05) is 7.05 Å². The fourth-order valence-electron chi connectivity index (χ4n) is 1.65. The average Bonchev–Trinajstić information content (AvgIpc) is 2.28. The van der Waals surface area contributed by atoms with E-state index in [1.807, 2.05) is 45.2 Å². The molecule has 0 aliphatic rings. The van der Waals surface area contributed by atoms with E-state index in [1.54, 1.807) is 4.90 Å². The number of hydrogen-bond donors (Lipinski definition) is 1. The summed E-state index contributed by atoms with van der Waals surface area (Å²) in [4.78, 5) is 13.5. The number of hydrogen-bond acceptors (Lipinski definition) is 2. The third-order valence-corrected chi connectivity index (χ3v) is 2.52. The Labute approximate surface area is 97.2 Å². The Hall–Kier alpha value is -1.35. The van der Waals surface area contributed by atoms with Crippen molar-refractivity contribution < 1.29 is 4.79 Å². The summed E-state index contributed by atoms with van der Waals surface area (Å²) in [6.07, 6.45) is 0. The first-order valence-electron chi connectivity index (χ1n) is 5.57. The van der Waals surface area contributed by atoms with Crippen LogP contribution >= 0.6 is 0 Å². The first-order chi connectivity index (χ1) is 7.54. The third-order valence-electron chi connectivity index (χ3n) is 2.52. The standard InChI is InChI=1S/C13H20N2O/c1-10(2)13(16)15(3)9-12-6-4-5-11(7-12)8-14/h4-7,10H,8-9,14H2,1-3H3. The number of nitrogens with two attached hydrogens (primary N) is 1. The molecule has 1 rings (SSSR count). The van der Waals surface area contributed by atoms with Gasteiger partial charge in [-0.1, -0.05) is 38.1 Å². The average molecular weight is 220 g/mol. The van der Waals surface area contributed by atoms with Crippen LogP contribution in [0.3, 0.4) is 0 Å². The highest BCUT2D eigenvalue weighted by Crippen LogP contribution is 2.09. The topological polar surface area (TPSA) is 46.3 Å². The van der Waals surface area contributed by atoms with E-state index < -0.39 is 0 Å². The molecule has 0 radical (unpaired) electrons. The summed E-state index contributed by atoms with van der Waals surface area (Å²) in [5.41, 5.74) is 7.80. The van der Waals surface area contributed by atoms with Gasteiger partial charge in [0.05, 0.1) is 0 Å². The van der Waals surface area contributed by atoms with Crippen LogP contribution in [-0.4, -0.2) is 17.9 Å². The van der Waals surface area contributed by atoms with Gasteiger partial charge in [0.25, 0.3) is 0 Å². The van der Waals surface area contributed by atoms with Crippen LogP contribution in [0.5, 0.6) is 0 Å². The lowest BCUT2D eigenvalue weighted by molar-refractivity contribution is -0.133. The summed E-state index contributed by atoms with van der Waals surface area (Å²) in [7, 11) is 1.83. The van der Waals surface area contributed by atoms with Crippen LogP contribution in [0.25, 0.3) is 0 Å². The predicted octanol–water partition coefficient (Wildman–Crippen LogP) is 1.76. The number of benzene rings is 1. The molecule has 0 saturated heterocycles. The Morgan fingerprint density at radius 1 is 1.38 bits per heavy atom. The van der Waals surface area contributed by atoms with Crippen LogP contribution < -0.4 is 5.73 Å². The molecule has 0 atom stereocenters. The molecule has 1 aromatic carbocycles. The Balaban J connectivity index is 2.69. The Bertz CT molecular complexity index is 361. The summed E-state index contributed by atoms with van der Waals surface area (Å²) in [6.45, 7) is 5.00. The van der Waals surface area contributed by atoms with E-state index in [-0.39, 0.29) is 11.8 Å². The quantitative estimate of drug-likeness (QED) is 0.840. The molecular weight excluding hydrogens is 200 g/mol. The highest BCUT2D eigenvalue weighted by Gasteiger charge is 2.12. The normalized spacial score (nSPS) is 10.6. The van der Waals surface area contributed by atoms with Gasteiger partial charge in [0.2, 0.25) is 5.91 Å². The molecule has 1 amide bonds. The zero-order chi connectivity index (χ0) is 12.1. The van der Waals surface area contributed by atoms with Crippen molar-refractivity contribution in [3.8, 4) is 0 Å². The molecule has 0 heterocycles. The lowest BCUT2D eigenvalue weighted by atomic mass is 10.1. The van der Waals surface area contributed by atoms with E-state index in [1.165, 1.54) is 0 Å². The van der Waals surface area contributed by atoms with Crippen molar-refractivity contribution in [1.29, 1.82) is 0 Å². The van der Waals surface area contributed by atoms with Crippen molar-refractivity contribution in [3.63, 3.8) is 0 Å². The van der Waals surface area contributed by atoms with E-state index in [0.29, 0.717) is 13.1 Å². The lowest BCUT2D eigenvalue weighted by Gasteiger charge is -2.19. The monoisotopic (exact) mass is 220 g/mol. The first-order valence-corrected chi connectivity index (χ1v) is 5.57. The van der Waals surface area contributed by atoms with E-state index >= 15 is 0 Å². The number of rotatable bonds is 4. The maximum Gasteiger partial charge on any atom is 0.225 e. The maximum absolute atomic E-state index is 11.7. The first kappa shape index (κ1) is 12.7. The summed E-state index contributed by atoms with van der Waals surface area (Å²) >= 11 is 0. The molecular formula is C13H20N2O. The van der Waals surface area contributed by atoms with Crippen LogP contribution in [-0.2, 0) is 17.9 Å². The van der Waals surface area contributed by atoms with Crippen molar-refractivity contribution >= 4 is 5.91 Å². The van der Waals surface area contributed by atoms with Crippen LogP contribution in [0, 0.1) is 5.92 Å². The molecule has 0 saturated carbocycles. The minimum absolute atomic E-state index is 0.0442. The van der Waals surface area contributed by atoms with Gasteiger partial charge in [0.1, 0.15) is 0 Å². The molecule has 0 aliphatic heterocycles. The van der Waals surface area contributed by atoms with Gasteiger partial charge in [-0.3, -0.25) is 4.79 Å². The molecule has 0 spiro atoms. The third kappa shape index (κ3) is 3.35. The highest BCUT2D eigenvalue weighted by atomic mass is 16.2. The molecule has 3 nitrogen and oxygen atoms in total. The van der Waals surface area contributed by atoms with Crippen LogP contribution in [0.15, 0.2) is 24.3 Å². The van der Waals surface area contributed by atoms with Gasteiger partial charge in [-0.25, -0.2) is 0 Å². The zero-order valence-electron chi connectivity index (χ0n) is 10.2. The number of carbonyl (C=O) groups is 1. The van der Waals surface area contributed by atoms with Gasteiger partial charge >= 0.3 is 0 Å². The molecule has 0 bridgehead atoms. The van der Waals surface area contributed by atoms with Crippen LogP contribution in [0.2, 0.25) is 0 Å². The van der Waals surface area contributed by atoms with Crippen molar-refractivity contribution in [3.05, 3.63) is 35.4 Å². The van der Waals surface area contributed by atoms with Crippen LogP contribution in [0.1, 0.15) is 25.0 Å². The Kier molecular flexibility index (Phi) is 4.50. The van der Waals surface area contributed by atoms with Gasteiger partial charge in [-0.15, -0.1) is 0 Å². The van der Waals surface area contributed by atoms with E-state index in [2.05, 4.69) is 0 Å². The lowest BCUT2D eigenvalue weighted by Crippen LogP contribution is -2.29. The molecule has 0 unspecified atom stereocenters. The highest BCUT2D eigenvalue weighted by molar-refractivity contribution is 5.77. The largest absolute Gasteiger partial charge is 0.341 e. The number of amides is 1. The second-order valence-electron chi connectivity index (χ2n) is 4.37. The minimum Gasteiger partial charge on any atom is -0.341 e. The zero-order valence-corrected chi connectivity index (χ0v) is 10.2. The molecule has 0 fully saturated rings. The summed E-state index contributed by atoms with van der Waals surface area (Å²) < 4.78 is 0. The second-order valence-corrected chi connectivity index (χ2v) is 4.37. The maximum atomic E-state index is 11.7. The Morgan fingerprint density at radius 2 is 2.00 bits per heavy atom. The SMILES string of the molecule is CC(C)C(=O)N(C)Cc1cccc(CN)c1. The summed E-state index contributed by atoms with van der Waals surface area (Å²) in [5, 5.41) is 0. The molecule has 16 heavy (non-hydrogen) atoms. The summed E-state index contributed by atoms with van der Waals surface area (Å²) in [5.74, 6) is 0.209. The number of nitrogens with zero attached hydrogens (tertiary/aromatic N) is 1. The van der Waals surface area contributed by atoms with E-state index in [4.69, 9.17) is 5.73 Å². The molecule has 3 heteroatoms. The van der Waals surface area contributed by atoms with Crippen molar-refractivity contribution in [2.45, 2.75) is 26.9 Å². The molecule has 2 N–H and O–H groups in total. The second kappa shape index (κ2) is 5.66. The van der Waals surface area contributed by atoms with Crippen molar-refractivity contribution in [2.24, 2.45) is 11.7 Å². The fourth-order valence-corrected chi connectivity index (χ4v) is 1.65. The van der Waals surface area contributed by atoms with Crippen molar-refractivity contribution in [1.82, 2.24) is 4.90 Å². The minimum atomic E-state index is 0.0442. The fraction of sp³-hybridized carbons (Fsp3) is 0.462. The van der Waals surface area contributed by atoms with E-state index in [9.17, 15) is 4.79 Å². The molecule has 1 aromatic rings. The molecule has 0 aliphatic carbocycles.